The number of anilines is 1. The summed E-state index contributed by atoms with van der Waals surface area (Å²) in [6, 6.07) is 8.40. The van der Waals surface area contributed by atoms with Gasteiger partial charge >= 0.3 is 0 Å². The zero-order valence-electron chi connectivity index (χ0n) is 18.2. The van der Waals surface area contributed by atoms with E-state index in [1.165, 1.54) is 11.3 Å². The first-order valence-electron chi connectivity index (χ1n) is 11.1. The van der Waals surface area contributed by atoms with Crippen molar-refractivity contribution >= 4 is 23.0 Å². The third kappa shape index (κ3) is 4.28. The second-order valence-corrected chi connectivity index (χ2v) is 8.30. The third-order valence-corrected chi connectivity index (χ3v) is 6.13. The molecular weight excluding hydrogens is 406 g/mol. The van der Waals surface area contributed by atoms with Crippen LogP contribution in [0.1, 0.15) is 12.0 Å². The maximum absolute atomic E-state index is 10.8. The number of aryl methyl sites for hydroxylation is 1. The highest BCUT2D eigenvalue weighted by atomic mass is 16.5. The van der Waals surface area contributed by atoms with Gasteiger partial charge in [0.1, 0.15) is 12.4 Å². The summed E-state index contributed by atoms with van der Waals surface area (Å²) in [5, 5.41) is 0. The molecule has 166 valence electrons. The van der Waals surface area contributed by atoms with Crippen LogP contribution in [-0.4, -0.2) is 78.2 Å². The van der Waals surface area contributed by atoms with Crippen molar-refractivity contribution in [2.75, 3.05) is 50.8 Å². The minimum Gasteiger partial charge on any atom is -0.470 e. The summed E-state index contributed by atoms with van der Waals surface area (Å²) < 4.78 is 11.6. The van der Waals surface area contributed by atoms with E-state index in [0.29, 0.717) is 31.2 Å². The summed E-state index contributed by atoms with van der Waals surface area (Å²) in [4.78, 5) is 29.1. The Balaban J connectivity index is 1.42. The number of rotatable bonds is 6. The number of hydrogen-bond donors (Lipinski definition) is 0. The molecule has 0 aliphatic carbocycles. The molecule has 1 aromatic carbocycles. The fourth-order valence-electron chi connectivity index (χ4n) is 4.38. The predicted molar refractivity (Wildman–Crippen MR) is 122 cm³/mol. The molecule has 2 aliphatic rings. The van der Waals surface area contributed by atoms with Gasteiger partial charge in [-0.3, -0.25) is 9.88 Å². The molecule has 0 N–H and O–H groups in total. The summed E-state index contributed by atoms with van der Waals surface area (Å²) in [5.41, 5.74) is 5.69. The van der Waals surface area contributed by atoms with E-state index in [-0.39, 0.29) is 6.10 Å². The van der Waals surface area contributed by atoms with Gasteiger partial charge in [-0.05, 0) is 30.7 Å². The van der Waals surface area contributed by atoms with Gasteiger partial charge in [-0.15, -0.1) is 0 Å². The number of pyridine rings is 1. The molecule has 5 rings (SSSR count). The normalized spacial score (nSPS) is 19.4. The van der Waals surface area contributed by atoms with Crippen molar-refractivity contribution < 1.29 is 14.3 Å². The maximum Gasteiger partial charge on any atom is 0.243 e. The van der Waals surface area contributed by atoms with E-state index in [9.17, 15) is 4.79 Å². The number of fused-ring (bicyclic) bond motifs is 1. The SMILES string of the molecule is Cc1cc(-c2cc3nccnc3c(O[C@@H]3CCOC3)n2)ccc1N1CCN(CC=O)CC1. The Bertz CT molecular complexity index is 1110. The monoisotopic (exact) mass is 433 g/mol. The van der Waals surface area contributed by atoms with Gasteiger partial charge in [0.15, 0.2) is 5.52 Å². The molecule has 3 aromatic rings. The lowest BCUT2D eigenvalue weighted by atomic mass is 10.0. The Morgan fingerprint density at radius 2 is 2.00 bits per heavy atom. The molecule has 2 aromatic heterocycles. The second kappa shape index (κ2) is 9.18. The molecule has 2 saturated heterocycles. The Kier molecular flexibility index (Phi) is 5.96. The zero-order valence-corrected chi connectivity index (χ0v) is 18.2. The molecule has 2 aliphatic heterocycles. The number of hydrogen-bond acceptors (Lipinski definition) is 8. The Morgan fingerprint density at radius 3 is 2.75 bits per heavy atom. The lowest BCUT2D eigenvalue weighted by Gasteiger charge is -2.36. The van der Waals surface area contributed by atoms with Crippen LogP contribution in [-0.2, 0) is 9.53 Å². The van der Waals surface area contributed by atoms with Crippen LogP contribution < -0.4 is 9.64 Å². The molecule has 0 saturated carbocycles. The quantitative estimate of drug-likeness (QED) is 0.549. The molecule has 0 spiro atoms. The van der Waals surface area contributed by atoms with Crippen LogP contribution >= 0.6 is 0 Å². The van der Waals surface area contributed by atoms with E-state index >= 15 is 0 Å². The molecule has 1 atom stereocenters. The molecule has 8 heteroatoms. The smallest absolute Gasteiger partial charge is 0.243 e. The first-order chi connectivity index (χ1) is 15.7. The fraction of sp³-hybridized carbons (Fsp3) is 0.417. The van der Waals surface area contributed by atoms with E-state index in [4.69, 9.17) is 14.5 Å². The topological polar surface area (TPSA) is 80.7 Å². The van der Waals surface area contributed by atoms with Crippen LogP contribution in [0.4, 0.5) is 5.69 Å². The van der Waals surface area contributed by atoms with Crippen LogP contribution in [0.2, 0.25) is 0 Å². The van der Waals surface area contributed by atoms with Crippen LogP contribution in [0.15, 0.2) is 36.7 Å². The summed E-state index contributed by atoms with van der Waals surface area (Å²) in [5.74, 6) is 0.508. The minimum absolute atomic E-state index is 0.00931. The molecule has 0 amide bonds. The van der Waals surface area contributed by atoms with E-state index in [1.54, 1.807) is 12.4 Å². The largest absolute Gasteiger partial charge is 0.470 e. The number of nitrogens with zero attached hydrogens (tertiary/aromatic N) is 5. The van der Waals surface area contributed by atoms with Gasteiger partial charge in [0.2, 0.25) is 5.88 Å². The van der Waals surface area contributed by atoms with Gasteiger partial charge in [-0.25, -0.2) is 9.97 Å². The number of aromatic nitrogens is 3. The van der Waals surface area contributed by atoms with Crippen LogP contribution in [0.5, 0.6) is 5.88 Å². The van der Waals surface area contributed by atoms with Crippen molar-refractivity contribution in [3.63, 3.8) is 0 Å². The van der Waals surface area contributed by atoms with Gasteiger partial charge in [0.25, 0.3) is 0 Å². The van der Waals surface area contributed by atoms with E-state index in [2.05, 4.69) is 44.9 Å². The number of ether oxygens (including phenoxy) is 2. The van der Waals surface area contributed by atoms with E-state index < -0.39 is 0 Å². The molecule has 0 radical (unpaired) electrons. The summed E-state index contributed by atoms with van der Waals surface area (Å²) in [6.45, 7) is 7.55. The first kappa shape index (κ1) is 20.8. The van der Waals surface area contributed by atoms with Crippen molar-refractivity contribution in [2.45, 2.75) is 19.4 Å². The molecular formula is C24H27N5O3. The molecule has 2 fully saturated rings. The van der Waals surface area contributed by atoms with Gasteiger partial charge < -0.3 is 19.2 Å². The van der Waals surface area contributed by atoms with Gasteiger partial charge in [0.05, 0.1) is 31.0 Å². The fourth-order valence-corrected chi connectivity index (χ4v) is 4.38. The Hall–Kier alpha value is -3.10. The van der Waals surface area contributed by atoms with Gasteiger partial charge in [0, 0.05) is 56.2 Å². The van der Waals surface area contributed by atoms with Crippen LogP contribution in [0, 0.1) is 6.92 Å². The maximum atomic E-state index is 10.8. The highest BCUT2D eigenvalue weighted by Crippen LogP contribution is 2.31. The van der Waals surface area contributed by atoms with E-state index in [1.807, 2.05) is 6.07 Å². The van der Waals surface area contributed by atoms with Gasteiger partial charge in [-0.2, -0.15) is 0 Å². The van der Waals surface area contributed by atoms with Crippen molar-refractivity contribution in [3.05, 3.63) is 42.2 Å². The first-order valence-corrected chi connectivity index (χ1v) is 11.1. The second-order valence-electron chi connectivity index (χ2n) is 8.30. The average Bonchev–Trinajstić information content (AvgIpc) is 3.33. The standard InChI is InChI=1S/C24H27N5O3/c1-17-14-18(2-3-22(17)29-9-7-28(8-10-29)11-12-30)20-15-21-23(26-6-5-25-21)24(27-20)32-19-4-13-31-16-19/h2-3,5-6,12,14-15,19H,4,7-11,13,16H2,1H3/t19-/m1/s1. The minimum atomic E-state index is -0.00931. The number of carbonyl (C=O) groups excluding carboxylic acids is 1. The number of benzene rings is 1. The average molecular weight is 434 g/mol. The summed E-state index contributed by atoms with van der Waals surface area (Å²) in [7, 11) is 0. The van der Waals surface area contributed by atoms with Gasteiger partial charge in [-0.1, -0.05) is 6.07 Å². The lowest BCUT2D eigenvalue weighted by Crippen LogP contribution is -2.47. The van der Waals surface area contributed by atoms with Crippen molar-refractivity contribution in [1.29, 1.82) is 0 Å². The van der Waals surface area contributed by atoms with E-state index in [0.717, 1.165) is 55.7 Å². The molecule has 0 bridgehead atoms. The van der Waals surface area contributed by atoms with Crippen LogP contribution in [0.25, 0.3) is 22.3 Å². The Morgan fingerprint density at radius 1 is 1.16 bits per heavy atom. The van der Waals surface area contributed by atoms with Crippen molar-refractivity contribution in [2.24, 2.45) is 0 Å². The molecule has 4 heterocycles. The molecule has 32 heavy (non-hydrogen) atoms. The van der Waals surface area contributed by atoms with Crippen LogP contribution in [0.3, 0.4) is 0 Å². The highest BCUT2D eigenvalue weighted by Gasteiger charge is 2.22. The van der Waals surface area contributed by atoms with Crippen molar-refractivity contribution in [1.82, 2.24) is 19.9 Å². The zero-order chi connectivity index (χ0) is 21.9. The lowest BCUT2D eigenvalue weighted by molar-refractivity contribution is -0.108. The summed E-state index contributed by atoms with van der Waals surface area (Å²) in [6.07, 6.45) is 5.17. The molecule has 0 unspecified atom stereocenters. The number of aldehydes is 1. The number of carbonyl (C=O) groups is 1. The Labute approximate surface area is 187 Å². The third-order valence-electron chi connectivity index (χ3n) is 6.13. The molecule has 8 nitrogen and oxygen atoms in total. The predicted octanol–water partition coefficient (Wildman–Crippen LogP) is 2.49. The van der Waals surface area contributed by atoms with Crippen molar-refractivity contribution in [3.8, 4) is 17.1 Å². The highest BCUT2D eigenvalue weighted by molar-refractivity contribution is 5.83. The number of piperazine rings is 1. The summed E-state index contributed by atoms with van der Waals surface area (Å²) >= 11 is 0.